The van der Waals surface area contributed by atoms with E-state index in [1.54, 1.807) is 7.11 Å². The molecule has 0 aliphatic rings. The van der Waals surface area contributed by atoms with Crippen LogP contribution in [0, 0.1) is 11.8 Å². The van der Waals surface area contributed by atoms with Crippen molar-refractivity contribution in [3.8, 4) is 0 Å². The Morgan fingerprint density at radius 2 is 0.667 bits per heavy atom. The molecular formula is C14H38O. The average Bonchev–Trinajstić information content (AvgIpc) is 1.84. The van der Waals surface area contributed by atoms with E-state index in [2.05, 4.69) is 41.5 Å². The van der Waals surface area contributed by atoms with Crippen molar-refractivity contribution >= 4 is 0 Å². The van der Waals surface area contributed by atoms with Gasteiger partial charge in [0.15, 0.2) is 0 Å². The molecule has 0 N–H and O–H groups in total. The summed E-state index contributed by atoms with van der Waals surface area (Å²) in [4.78, 5) is 0. The maximum Gasteiger partial charge on any atom is 0.0515 e. The van der Waals surface area contributed by atoms with Gasteiger partial charge in [-0.3, -0.25) is 0 Å². The van der Waals surface area contributed by atoms with Gasteiger partial charge < -0.3 is 4.74 Å². The van der Waals surface area contributed by atoms with E-state index in [0.29, 0.717) is 6.10 Å². The summed E-state index contributed by atoms with van der Waals surface area (Å²) in [6, 6.07) is 0. The van der Waals surface area contributed by atoms with E-state index in [0.717, 1.165) is 11.8 Å². The Labute approximate surface area is 101 Å². The van der Waals surface area contributed by atoms with Crippen LogP contribution in [-0.2, 0) is 4.74 Å². The summed E-state index contributed by atoms with van der Waals surface area (Å²) in [5.74, 6) is 1.67. The Kier molecular flexibility index (Phi) is 46.3. The predicted molar refractivity (Wildman–Crippen MR) is 76.6 cm³/mol. The van der Waals surface area contributed by atoms with Gasteiger partial charge in [0, 0.05) is 7.11 Å². The molecule has 0 fully saturated rings. The minimum Gasteiger partial charge on any atom is -0.382 e. The van der Waals surface area contributed by atoms with E-state index in [9.17, 15) is 0 Å². The van der Waals surface area contributed by atoms with Crippen molar-refractivity contribution in [1.82, 2.24) is 0 Å². The molecule has 0 aromatic carbocycles. The van der Waals surface area contributed by atoms with Crippen molar-refractivity contribution in [2.45, 2.75) is 76.3 Å². The highest BCUT2D eigenvalue weighted by Gasteiger charge is 1.78. The first-order chi connectivity index (χ1) is 5.73. The summed E-state index contributed by atoms with van der Waals surface area (Å²) in [5.41, 5.74) is 0. The zero-order chi connectivity index (χ0) is 11.4. The number of hydrogen-bond acceptors (Lipinski definition) is 1. The fourth-order valence-corrected chi connectivity index (χ4v) is 0. The average molecular weight is 222 g/mol. The van der Waals surface area contributed by atoms with Gasteiger partial charge in [-0.25, -0.2) is 0 Å². The SMILES string of the molecule is C.C.CC(C)C.CC(C)C.COC(C)C. The molecule has 0 saturated carbocycles. The van der Waals surface area contributed by atoms with Crippen molar-refractivity contribution in [3.05, 3.63) is 0 Å². The van der Waals surface area contributed by atoms with Gasteiger partial charge in [-0.1, -0.05) is 56.4 Å². The van der Waals surface area contributed by atoms with Crippen molar-refractivity contribution in [3.63, 3.8) is 0 Å². The van der Waals surface area contributed by atoms with Crippen LogP contribution in [0.2, 0.25) is 0 Å². The molecule has 1 nitrogen and oxygen atoms in total. The van der Waals surface area contributed by atoms with Crippen LogP contribution in [0.4, 0.5) is 0 Å². The molecule has 0 rings (SSSR count). The summed E-state index contributed by atoms with van der Waals surface area (Å²) >= 11 is 0. The predicted octanol–water partition coefficient (Wildman–Crippen LogP) is 5.64. The Morgan fingerprint density at radius 1 is 0.600 bits per heavy atom. The molecule has 100 valence electrons. The third-order valence-electron chi connectivity index (χ3n) is 0.471. The Balaban J connectivity index is -0.0000000315. The topological polar surface area (TPSA) is 9.23 Å². The van der Waals surface area contributed by atoms with E-state index in [1.807, 2.05) is 13.8 Å². The summed E-state index contributed by atoms with van der Waals surface area (Å²) < 4.78 is 4.75. The lowest BCUT2D eigenvalue weighted by atomic mass is 10.3. The lowest BCUT2D eigenvalue weighted by Gasteiger charge is -1.94. The van der Waals surface area contributed by atoms with E-state index in [1.165, 1.54) is 0 Å². The second-order valence-corrected chi connectivity index (χ2v) is 4.75. The molecular weight excluding hydrogens is 184 g/mol. The minimum absolute atomic E-state index is 0. The molecule has 0 radical (unpaired) electrons. The maximum atomic E-state index is 4.75. The van der Waals surface area contributed by atoms with Crippen LogP contribution in [0.15, 0.2) is 0 Å². The minimum atomic E-state index is 0. The van der Waals surface area contributed by atoms with Crippen LogP contribution < -0.4 is 0 Å². The normalized spacial score (nSPS) is 8.00. The van der Waals surface area contributed by atoms with Crippen molar-refractivity contribution in [1.29, 1.82) is 0 Å². The van der Waals surface area contributed by atoms with Crippen molar-refractivity contribution in [2.75, 3.05) is 7.11 Å². The molecule has 0 aromatic heterocycles. The molecule has 0 heterocycles. The number of rotatable bonds is 1. The van der Waals surface area contributed by atoms with E-state index in [4.69, 9.17) is 4.74 Å². The Morgan fingerprint density at radius 3 is 0.667 bits per heavy atom. The van der Waals surface area contributed by atoms with Gasteiger partial charge in [0.25, 0.3) is 0 Å². The standard InChI is InChI=1S/C4H10O.2C4H10.2CH4/c1-4(2)5-3;2*1-4(2)3;;/h4H,1-3H3;2*4H,1-3H3;2*1H4. The summed E-state index contributed by atoms with van der Waals surface area (Å²) in [6.45, 7) is 17.0. The first-order valence-electron chi connectivity index (χ1n) is 5.26. The summed E-state index contributed by atoms with van der Waals surface area (Å²) in [5, 5.41) is 0. The van der Waals surface area contributed by atoms with Crippen LogP contribution in [0.3, 0.4) is 0 Å². The second-order valence-electron chi connectivity index (χ2n) is 4.75. The lowest BCUT2D eigenvalue weighted by molar-refractivity contribution is 0.134. The first kappa shape index (κ1) is 29.4. The smallest absolute Gasteiger partial charge is 0.0515 e. The molecule has 0 atom stereocenters. The van der Waals surface area contributed by atoms with E-state index < -0.39 is 0 Å². The van der Waals surface area contributed by atoms with Crippen LogP contribution in [0.5, 0.6) is 0 Å². The van der Waals surface area contributed by atoms with Crippen molar-refractivity contribution in [2.24, 2.45) is 11.8 Å². The molecule has 0 spiro atoms. The van der Waals surface area contributed by atoms with Crippen molar-refractivity contribution < 1.29 is 4.74 Å². The molecule has 15 heavy (non-hydrogen) atoms. The van der Waals surface area contributed by atoms with Gasteiger partial charge in [-0.15, -0.1) is 0 Å². The highest BCUT2D eigenvalue weighted by Crippen LogP contribution is 1.81. The highest BCUT2D eigenvalue weighted by atomic mass is 16.5. The second kappa shape index (κ2) is 23.6. The number of methoxy groups -OCH3 is 1. The van der Waals surface area contributed by atoms with E-state index >= 15 is 0 Å². The molecule has 0 aliphatic carbocycles. The van der Waals surface area contributed by atoms with Gasteiger partial charge >= 0.3 is 0 Å². The van der Waals surface area contributed by atoms with Gasteiger partial charge in [0.05, 0.1) is 6.10 Å². The Hall–Kier alpha value is -0.0400. The monoisotopic (exact) mass is 222 g/mol. The number of hydrogen-bond donors (Lipinski definition) is 0. The van der Waals surface area contributed by atoms with Gasteiger partial charge in [0.2, 0.25) is 0 Å². The molecule has 0 saturated heterocycles. The molecule has 0 aliphatic heterocycles. The third-order valence-corrected chi connectivity index (χ3v) is 0.471. The summed E-state index contributed by atoms with van der Waals surface area (Å²) in [6.07, 6.45) is 0.384. The van der Waals surface area contributed by atoms with Gasteiger partial charge in [0.1, 0.15) is 0 Å². The third kappa shape index (κ3) is 520. The zero-order valence-corrected chi connectivity index (χ0v) is 11.1. The molecule has 0 amide bonds. The molecule has 0 unspecified atom stereocenters. The lowest BCUT2D eigenvalue weighted by Crippen LogP contribution is -1.94. The fraction of sp³-hybridized carbons (Fsp3) is 1.00. The quantitative estimate of drug-likeness (QED) is 0.558. The largest absolute Gasteiger partial charge is 0.382 e. The number of ether oxygens (including phenoxy) is 1. The fourth-order valence-electron chi connectivity index (χ4n) is 0. The van der Waals surface area contributed by atoms with Crippen LogP contribution in [0.1, 0.15) is 70.2 Å². The Bertz CT molecular complexity index is 54.2. The molecule has 1 heteroatoms. The molecule has 0 aromatic rings. The van der Waals surface area contributed by atoms with Gasteiger partial charge in [-0.05, 0) is 25.7 Å². The van der Waals surface area contributed by atoms with Crippen LogP contribution in [0.25, 0.3) is 0 Å². The first-order valence-corrected chi connectivity index (χ1v) is 5.26. The van der Waals surface area contributed by atoms with E-state index in [-0.39, 0.29) is 14.9 Å². The maximum absolute atomic E-state index is 4.75. The zero-order valence-electron chi connectivity index (χ0n) is 11.1. The summed E-state index contributed by atoms with van der Waals surface area (Å²) in [7, 11) is 1.70. The highest BCUT2D eigenvalue weighted by molar-refractivity contribution is 4.27. The van der Waals surface area contributed by atoms with Crippen LogP contribution in [-0.4, -0.2) is 13.2 Å². The molecule has 0 bridgehead atoms. The van der Waals surface area contributed by atoms with Gasteiger partial charge in [-0.2, -0.15) is 0 Å². The van der Waals surface area contributed by atoms with Crippen LogP contribution >= 0.6 is 0 Å².